The van der Waals surface area contributed by atoms with Crippen molar-refractivity contribution in [2.45, 2.75) is 6.92 Å². The van der Waals surface area contributed by atoms with Crippen molar-refractivity contribution in [1.29, 1.82) is 10.7 Å². The average Bonchev–Trinajstić information content (AvgIpc) is 2.99. The van der Waals surface area contributed by atoms with Crippen LogP contribution in [0.4, 0.5) is 5.69 Å². The number of nitrogens with one attached hydrogen (secondary N) is 3. The van der Waals surface area contributed by atoms with Gasteiger partial charge in [0, 0.05) is 5.56 Å². The number of nitrogens with two attached hydrogens (primary N) is 1. The van der Waals surface area contributed by atoms with Crippen LogP contribution in [0.5, 0.6) is 0 Å². The fourth-order valence-electron chi connectivity index (χ4n) is 2.19. The average molecular weight is 317 g/mol. The van der Waals surface area contributed by atoms with Crippen molar-refractivity contribution in [3.8, 4) is 17.5 Å². The van der Waals surface area contributed by atoms with Crippen molar-refractivity contribution in [1.82, 2.24) is 9.97 Å². The van der Waals surface area contributed by atoms with E-state index in [2.05, 4.69) is 20.5 Å². The number of benzene rings is 2. The highest BCUT2D eigenvalue weighted by molar-refractivity contribution is 6.45. The Bertz CT molecular complexity index is 974. The lowest BCUT2D eigenvalue weighted by molar-refractivity contribution is 1.32. The van der Waals surface area contributed by atoms with Gasteiger partial charge in [0.25, 0.3) is 0 Å². The number of aryl methyl sites for hydroxylation is 1. The lowest BCUT2D eigenvalue weighted by atomic mass is 10.1. The predicted octanol–water partition coefficient (Wildman–Crippen LogP) is 2.77. The quantitative estimate of drug-likeness (QED) is 0.335. The number of anilines is 1. The summed E-state index contributed by atoms with van der Waals surface area (Å²) in [6.07, 6.45) is 0. The number of fused-ring (bicyclic) bond motifs is 1. The molecule has 0 aliphatic rings. The number of nitrogens with zero attached hydrogens (tertiary/aromatic N) is 3. The number of hydrogen-bond acceptors (Lipinski definition) is 5. The van der Waals surface area contributed by atoms with Crippen molar-refractivity contribution < 1.29 is 0 Å². The van der Waals surface area contributed by atoms with E-state index in [9.17, 15) is 0 Å². The molecular formula is C17H15N7. The summed E-state index contributed by atoms with van der Waals surface area (Å²) in [6, 6.07) is 15.3. The van der Waals surface area contributed by atoms with E-state index in [1.54, 1.807) is 12.1 Å². The summed E-state index contributed by atoms with van der Waals surface area (Å²) >= 11 is 0. The van der Waals surface area contributed by atoms with Gasteiger partial charge in [-0.1, -0.05) is 29.8 Å². The summed E-state index contributed by atoms with van der Waals surface area (Å²) in [5, 5.41) is 19.9. The molecule has 3 aromatic rings. The molecule has 2 aromatic carbocycles. The Morgan fingerprint density at radius 2 is 2.04 bits per heavy atom. The van der Waals surface area contributed by atoms with Gasteiger partial charge in [-0.25, -0.2) is 4.98 Å². The highest BCUT2D eigenvalue weighted by Gasteiger charge is 2.06. The van der Waals surface area contributed by atoms with Crippen molar-refractivity contribution in [2.24, 2.45) is 10.8 Å². The van der Waals surface area contributed by atoms with Crippen LogP contribution in [0.15, 0.2) is 47.6 Å². The Kier molecular flexibility index (Phi) is 3.95. The van der Waals surface area contributed by atoms with E-state index in [1.165, 1.54) is 5.56 Å². The van der Waals surface area contributed by atoms with Crippen LogP contribution in [0, 0.1) is 23.7 Å². The summed E-state index contributed by atoms with van der Waals surface area (Å²) in [4.78, 5) is 7.83. The zero-order valence-electron chi connectivity index (χ0n) is 13.0. The van der Waals surface area contributed by atoms with Crippen molar-refractivity contribution in [2.75, 3.05) is 5.43 Å². The first kappa shape index (κ1) is 15.2. The number of nitriles is 1. The number of aromatic nitrogens is 2. The molecule has 0 fully saturated rings. The minimum Gasteiger partial charge on any atom is -0.382 e. The number of aromatic amines is 1. The molecule has 1 heterocycles. The number of H-pyrrole nitrogens is 1. The van der Waals surface area contributed by atoms with Gasteiger partial charge in [0.05, 0.1) is 16.7 Å². The predicted molar refractivity (Wildman–Crippen MR) is 94.9 cm³/mol. The smallest absolute Gasteiger partial charge is 0.201 e. The van der Waals surface area contributed by atoms with Crippen LogP contribution < -0.4 is 11.2 Å². The molecule has 0 radical (unpaired) electrons. The van der Waals surface area contributed by atoms with Crippen molar-refractivity contribution >= 4 is 28.3 Å². The Labute approximate surface area is 138 Å². The van der Waals surface area contributed by atoms with E-state index in [1.807, 2.05) is 43.3 Å². The van der Waals surface area contributed by atoms with Gasteiger partial charge in [0.15, 0.2) is 5.84 Å². The highest BCUT2D eigenvalue weighted by Crippen LogP contribution is 2.23. The first-order valence-electron chi connectivity index (χ1n) is 7.22. The van der Waals surface area contributed by atoms with Crippen molar-refractivity contribution in [3.63, 3.8) is 0 Å². The second-order valence-corrected chi connectivity index (χ2v) is 5.28. The summed E-state index contributed by atoms with van der Waals surface area (Å²) in [6.45, 7) is 2.04. The maximum atomic E-state index is 8.84. The van der Waals surface area contributed by atoms with Gasteiger partial charge >= 0.3 is 0 Å². The normalized spacial score (nSPS) is 11.2. The standard InChI is InChI=1S/C17H15N7/c1-10-2-4-11(5-3-10)17-21-13-7-6-12(8-14(13)22-17)23-24-15(9-18)16(19)20/h2-8,23H,1H3,(H3,19,20)(H,21,22)/b24-15+. The van der Waals surface area contributed by atoms with E-state index in [0.29, 0.717) is 5.69 Å². The molecule has 0 amide bonds. The van der Waals surface area contributed by atoms with Crippen LogP contribution in [0.2, 0.25) is 0 Å². The Morgan fingerprint density at radius 3 is 2.71 bits per heavy atom. The van der Waals surface area contributed by atoms with Crippen LogP contribution in [-0.4, -0.2) is 21.5 Å². The monoisotopic (exact) mass is 317 g/mol. The molecule has 0 saturated carbocycles. The molecule has 118 valence electrons. The largest absolute Gasteiger partial charge is 0.382 e. The molecule has 0 bridgehead atoms. The summed E-state index contributed by atoms with van der Waals surface area (Å²) in [5.41, 5.74) is 12.3. The van der Waals surface area contributed by atoms with Crippen LogP contribution in [-0.2, 0) is 0 Å². The third-order valence-corrected chi connectivity index (χ3v) is 3.46. The minimum atomic E-state index is -0.380. The molecule has 7 heteroatoms. The Balaban J connectivity index is 1.90. The Morgan fingerprint density at radius 1 is 1.29 bits per heavy atom. The third-order valence-electron chi connectivity index (χ3n) is 3.46. The van der Waals surface area contributed by atoms with Crippen molar-refractivity contribution in [3.05, 3.63) is 48.0 Å². The van der Waals surface area contributed by atoms with E-state index in [-0.39, 0.29) is 11.5 Å². The van der Waals surface area contributed by atoms with Gasteiger partial charge in [-0.2, -0.15) is 10.4 Å². The second kappa shape index (κ2) is 6.22. The fraction of sp³-hybridized carbons (Fsp3) is 0.0588. The maximum Gasteiger partial charge on any atom is 0.201 e. The summed E-state index contributed by atoms with van der Waals surface area (Å²) in [5.74, 6) is 0.404. The van der Waals surface area contributed by atoms with Gasteiger partial charge in [-0.05, 0) is 25.1 Å². The van der Waals surface area contributed by atoms with Crippen LogP contribution in [0.3, 0.4) is 0 Å². The van der Waals surface area contributed by atoms with E-state index in [0.717, 1.165) is 22.4 Å². The fourth-order valence-corrected chi connectivity index (χ4v) is 2.19. The molecule has 5 N–H and O–H groups in total. The SMILES string of the molecule is Cc1ccc(-c2nc3ccc(N/N=C(\C#N)C(=N)N)cc3[nH]2)cc1. The molecule has 0 unspecified atom stereocenters. The molecule has 0 spiro atoms. The molecule has 3 rings (SSSR count). The number of imidazole rings is 1. The van der Waals surface area contributed by atoms with E-state index in [4.69, 9.17) is 16.4 Å². The molecular weight excluding hydrogens is 302 g/mol. The topological polar surface area (TPSA) is 127 Å². The van der Waals surface area contributed by atoms with E-state index >= 15 is 0 Å². The number of amidine groups is 1. The first-order chi connectivity index (χ1) is 11.6. The number of hydrogen-bond donors (Lipinski definition) is 4. The maximum absolute atomic E-state index is 8.84. The molecule has 0 aliphatic heterocycles. The Hall–Kier alpha value is -3.66. The molecule has 0 aliphatic carbocycles. The van der Waals surface area contributed by atoms with Gasteiger partial charge in [0.2, 0.25) is 5.71 Å². The molecule has 7 nitrogen and oxygen atoms in total. The van der Waals surface area contributed by atoms with Crippen LogP contribution in [0.25, 0.3) is 22.4 Å². The minimum absolute atomic E-state index is 0.167. The highest BCUT2D eigenvalue weighted by atomic mass is 15.3. The zero-order chi connectivity index (χ0) is 17.1. The number of rotatable bonds is 4. The van der Waals surface area contributed by atoms with Crippen LogP contribution in [0.1, 0.15) is 5.56 Å². The van der Waals surface area contributed by atoms with E-state index < -0.39 is 0 Å². The molecule has 24 heavy (non-hydrogen) atoms. The van der Waals surface area contributed by atoms with Gasteiger partial charge in [-0.15, -0.1) is 0 Å². The molecule has 0 atom stereocenters. The van der Waals surface area contributed by atoms with Gasteiger partial charge in [0.1, 0.15) is 11.9 Å². The lowest BCUT2D eigenvalue weighted by Gasteiger charge is -2.00. The summed E-state index contributed by atoms with van der Waals surface area (Å²) < 4.78 is 0. The third kappa shape index (κ3) is 3.08. The first-order valence-corrected chi connectivity index (χ1v) is 7.22. The van der Waals surface area contributed by atoms with Crippen LogP contribution >= 0.6 is 0 Å². The summed E-state index contributed by atoms with van der Waals surface area (Å²) in [7, 11) is 0. The zero-order valence-corrected chi connectivity index (χ0v) is 13.0. The lowest BCUT2D eigenvalue weighted by Crippen LogP contribution is -2.21. The van der Waals surface area contributed by atoms with Gasteiger partial charge in [-0.3, -0.25) is 10.8 Å². The molecule has 0 saturated heterocycles. The number of hydrazone groups is 1. The second-order valence-electron chi connectivity index (χ2n) is 5.28. The van der Waals surface area contributed by atoms with Gasteiger partial charge < -0.3 is 10.7 Å². The molecule has 1 aromatic heterocycles.